The van der Waals surface area contributed by atoms with Gasteiger partial charge in [-0.2, -0.15) is 5.26 Å². The molecule has 140 valence electrons. The standard InChI is InChI=1S/C19H20N4O4/c1-3-26-17-9-13-7-8-22(12-14(13)10-18(17)27-4-2)19-6-5-16(23(24)25)15(11-20)21-19/h5-6,9-10H,3-4,7-8,12H2,1-2H3. The number of nitro groups is 1. The van der Waals surface area contributed by atoms with Crippen LogP contribution in [-0.4, -0.2) is 29.7 Å². The average Bonchev–Trinajstić information content (AvgIpc) is 2.67. The third-order valence-corrected chi connectivity index (χ3v) is 4.36. The third-order valence-electron chi connectivity index (χ3n) is 4.36. The molecule has 1 aromatic carbocycles. The Labute approximate surface area is 157 Å². The van der Waals surface area contributed by atoms with E-state index in [9.17, 15) is 10.1 Å². The van der Waals surface area contributed by atoms with Gasteiger partial charge in [-0.15, -0.1) is 0 Å². The molecule has 1 aliphatic rings. The fraction of sp³-hybridized carbons (Fsp3) is 0.368. The van der Waals surface area contributed by atoms with E-state index in [4.69, 9.17) is 14.7 Å². The molecule has 0 saturated carbocycles. The van der Waals surface area contributed by atoms with Crippen LogP contribution in [-0.2, 0) is 13.0 Å². The van der Waals surface area contributed by atoms with Gasteiger partial charge in [0.05, 0.1) is 18.1 Å². The SMILES string of the molecule is CCOc1cc2c(cc1OCC)CN(c1ccc([N+](=O)[O-])c(C#N)n1)CC2. The van der Waals surface area contributed by atoms with Crippen molar-refractivity contribution in [3.05, 3.63) is 51.2 Å². The van der Waals surface area contributed by atoms with E-state index < -0.39 is 4.92 Å². The lowest BCUT2D eigenvalue weighted by Gasteiger charge is -2.30. The molecule has 0 saturated heterocycles. The first-order valence-corrected chi connectivity index (χ1v) is 8.79. The Morgan fingerprint density at radius 2 is 1.89 bits per heavy atom. The number of fused-ring (bicyclic) bond motifs is 1. The zero-order valence-electron chi connectivity index (χ0n) is 15.3. The molecular weight excluding hydrogens is 348 g/mol. The predicted molar refractivity (Wildman–Crippen MR) is 99.1 cm³/mol. The van der Waals surface area contributed by atoms with Crippen LogP contribution in [0.4, 0.5) is 11.5 Å². The molecule has 1 aromatic heterocycles. The molecule has 27 heavy (non-hydrogen) atoms. The Kier molecular flexibility index (Phi) is 5.41. The second-order valence-electron chi connectivity index (χ2n) is 6.01. The van der Waals surface area contributed by atoms with Crippen molar-refractivity contribution in [2.75, 3.05) is 24.7 Å². The lowest BCUT2D eigenvalue weighted by molar-refractivity contribution is -0.385. The normalized spacial score (nSPS) is 12.9. The van der Waals surface area contributed by atoms with Gasteiger partial charge >= 0.3 is 5.69 Å². The fourth-order valence-electron chi connectivity index (χ4n) is 3.14. The molecule has 3 rings (SSSR count). The van der Waals surface area contributed by atoms with E-state index >= 15 is 0 Å². The number of nitriles is 1. The smallest absolute Gasteiger partial charge is 0.305 e. The van der Waals surface area contributed by atoms with E-state index in [1.165, 1.54) is 11.6 Å². The van der Waals surface area contributed by atoms with E-state index in [0.717, 1.165) is 17.7 Å². The van der Waals surface area contributed by atoms with Crippen molar-refractivity contribution >= 4 is 11.5 Å². The number of pyridine rings is 1. The second-order valence-corrected chi connectivity index (χ2v) is 6.01. The highest BCUT2D eigenvalue weighted by Gasteiger charge is 2.23. The highest BCUT2D eigenvalue weighted by Crippen LogP contribution is 2.35. The van der Waals surface area contributed by atoms with Crippen LogP contribution in [0, 0.1) is 21.4 Å². The maximum atomic E-state index is 11.0. The number of rotatable bonds is 6. The highest BCUT2D eigenvalue weighted by atomic mass is 16.6. The summed E-state index contributed by atoms with van der Waals surface area (Å²) in [7, 11) is 0. The molecule has 8 nitrogen and oxygen atoms in total. The van der Waals surface area contributed by atoms with Crippen molar-refractivity contribution in [1.82, 2.24) is 4.98 Å². The minimum absolute atomic E-state index is 0.176. The molecule has 2 heterocycles. The van der Waals surface area contributed by atoms with Gasteiger partial charge in [0.1, 0.15) is 11.9 Å². The number of benzene rings is 1. The van der Waals surface area contributed by atoms with Gasteiger partial charge in [0.2, 0.25) is 5.69 Å². The maximum Gasteiger partial charge on any atom is 0.305 e. The molecule has 1 aliphatic heterocycles. The van der Waals surface area contributed by atoms with Crippen molar-refractivity contribution < 1.29 is 14.4 Å². The van der Waals surface area contributed by atoms with Crippen molar-refractivity contribution in [1.29, 1.82) is 5.26 Å². The molecule has 0 atom stereocenters. The summed E-state index contributed by atoms with van der Waals surface area (Å²) >= 11 is 0. The number of nitrogens with zero attached hydrogens (tertiary/aromatic N) is 4. The fourth-order valence-corrected chi connectivity index (χ4v) is 3.14. The summed E-state index contributed by atoms with van der Waals surface area (Å²) in [5.41, 5.74) is 1.82. The van der Waals surface area contributed by atoms with Crippen molar-refractivity contribution in [2.24, 2.45) is 0 Å². The summed E-state index contributed by atoms with van der Waals surface area (Å²) < 4.78 is 11.4. The Hall–Kier alpha value is -3.34. The van der Waals surface area contributed by atoms with E-state index in [0.29, 0.717) is 37.9 Å². The number of hydrogen-bond acceptors (Lipinski definition) is 7. The minimum Gasteiger partial charge on any atom is -0.490 e. The molecule has 0 unspecified atom stereocenters. The van der Waals surface area contributed by atoms with Crippen LogP contribution >= 0.6 is 0 Å². The first-order valence-electron chi connectivity index (χ1n) is 8.79. The van der Waals surface area contributed by atoms with Gasteiger partial charge in [-0.3, -0.25) is 10.1 Å². The van der Waals surface area contributed by atoms with Gasteiger partial charge in [0, 0.05) is 19.2 Å². The van der Waals surface area contributed by atoms with Gasteiger partial charge in [-0.05, 0) is 49.6 Å². The lowest BCUT2D eigenvalue weighted by Crippen LogP contribution is -2.31. The summed E-state index contributed by atoms with van der Waals surface area (Å²) in [5, 5.41) is 20.1. The first-order chi connectivity index (χ1) is 13.1. The largest absolute Gasteiger partial charge is 0.490 e. The van der Waals surface area contributed by atoms with Gasteiger partial charge in [0.15, 0.2) is 11.5 Å². The molecule has 0 fully saturated rings. The number of hydrogen-bond donors (Lipinski definition) is 0. The van der Waals surface area contributed by atoms with Crippen LogP contribution < -0.4 is 14.4 Å². The van der Waals surface area contributed by atoms with Gasteiger partial charge < -0.3 is 14.4 Å². The molecule has 0 N–H and O–H groups in total. The van der Waals surface area contributed by atoms with Crippen LogP contribution in [0.3, 0.4) is 0 Å². The van der Waals surface area contributed by atoms with E-state index in [-0.39, 0.29) is 11.4 Å². The van der Waals surface area contributed by atoms with Crippen molar-refractivity contribution in [3.63, 3.8) is 0 Å². The number of aromatic nitrogens is 1. The highest BCUT2D eigenvalue weighted by molar-refractivity contribution is 5.55. The van der Waals surface area contributed by atoms with Gasteiger partial charge in [0.25, 0.3) is 0 Å². The summed E-state index contributed by atoms with van der Waals surface area (Å²) in [6, 6.07) is 8.72. The topological polar surface area (TPSA) is 102 Å². The van der Waals surface area contributed by atoms with Crippen LogP contribution in [0.15, 0.2) is 24.3 Å². The Bertz CT molecular complexity index is 907. The van der Waals surface area contributed by atoms with E-state index in [1.54, 1.807) is 12.1 Å². The molecule has 0 bridgehead atoms. The number of anilines is 1. The van der Waals surface area contributed by atoms with Crippen LogP contribution in [0.5, 0.6) is 11.5 Å². The molecule has 0 aliphatic carbocycles. The van der Waals surface area contributed by atoms with E-state index in [2.05, 4.69) is 4.98 Å². The molecular formula is C19H20N4O4. The molecule has 0 radical (unpaired) electrons. The Balaban J connectivity index is 1.91. The molecule has 0 spiro atoms. The van der Waals surface area contributed by atoms with Crippen LogP contribution in [0.1, 0.15) is 30.7 Å². The zero-order valence-corrected chi connectivity index (χ0v) is 15.3. The zero-order chi connectivity index (χ0) is 19.4. The van der Waals surface area contributed by atoms with Gasteiger partial charge in [-0.1, -0.05) is 0 Å². The van der Waals surface area contributed by atoms with E-state index in [1.807, 2.05) is 30.9 Å². The van der Waals surface area contributed by atoms with Crippen molar-refractivity contribution in [2.45, 2.75) is 26.8 Å². The number of ether oxygens (including phenoxy) is 2. The summed E-state index contributed by atoms with van der Waals surface area (Å²) in [4.78, 5) is 16.6. The summed E-state index contributed by atoms with van der Waals surface area (Å²) in [6.45, 7) is 6.24. The van der Waals surface area contributed by atoms with Crippen molar-refractivity contribution in [3.8, 4) is 17.6 Å². The summed E-state index contributed by atoms with van der Waals surface area (Å²) in [5.74, 6) is 2.00. The molecule has 0 amide bonds. The summed E-state index contributed by atoms with van der Waals surface area (Å²) in [6.07, 6.45) is 0.780. The third kappa shape index (κ3) is 3.77. The predicted octanol–water partition coefficient (Wildman–Crippen LogP) is 3.22. The Morgan fingerprint density at radius 1 is 1.22 bits per heavy atom. The Morgan fingerprint density at radius 3 is 2.48 bits per heavy atom. The van der Waals surface area contributed by atoms with Crippen LogP contribution in [0.25, 0.3) is 0 Å². The average molecular weight is 368 g/mol. The minimum atomic E-state index is -0.593. The van der Waals surface area contributed by atoms with Crippen LogP contribution in [0.2, 0.25) is 0 Å². The first kappa shape index (κ1) is 18.5. The molecule has 2 aromatic rings. The lowest BCUT2D eigenvalue weighted by atomic mass is 9.98. The second kappa shape index (κ2) is 7.91. The quantitative estimate of drug-likeness (QED) is 0.570. The van der Waals surface area contributed by atoms with Gasteiger partial charge in [-0.25, -0.2) is 4.98 Å². The maximum absolute atomic E-state index is 11.0. The molecule has 8 heteroatoms. The monoisotopic (exact) mass is 368 g/mol.